The minimum Gasteiger partial charge on any atom is -0.495 e. The Kier molecular flexibility index (Phi) is 5.64. The summed E-state index contributed by atoms with van der Waals surface area (Å²) in [5.74, 6) is 0.408. The zero-order valence-corrected chi connectivity index (χ0v) is 14.6. The highest BCUT2D eigenvalue weighted by atomic mass is 35.5. The first-order chi connectivity index (χ1) is 10.9. The van der Waals surface area contributed by atoms with Crippen molar-refractivity contribution in [3.8, 4) is 5.75 Å². The topological polar surface area (TPSA) is 82.4 Å². The Morgan fingerprint density at radius 3 is 2.61 bits per heavy atom. The van der Waals surface area contributed by atoms with Gasteiger partial charge in [0, 0.05) is 20.4 Å². The Bertz CT molecular complexity index is 776. The Labute approximate surface area is 140 Å². The van der Waals surface area contributed by atoms with Crippen LogP contribution < -0.4 is 9.46 Å². The number of ether oxygens (including phenoxy) is 2. The molecule has 0 bridgehead atoms. The third kappa shape index (κ3) is 4.03. The van der Waals surface area contributed by atoms with Crippen molar-refractivity contribution < 1.29 is 17.9 Å². The number of rotatable bonds is 7. The number of sulfonamides is 1. The van der Waals surface area contributed by atoms with E-state index >= 15 is 0 Å². The molecule has 0 aliphatic rings. The highest BCUT2D eigenvalue weighted by molar-refractivity contribution is 7.89. The average molecular weight is 360 g/mol. The SMILES string of the molecule is COCC(NS(=O)(=O)c1ccc(OC)c(Cl)c1)c1ccnn1C. The number of aryl methyl sites for hydroxylation is 1. The molecule has 0 aliphatic carbocycles. The lowest BCUT2D eigenvalue weighted by Crippen LogP contribution is -2.32. The molecule has 1 heterocycles. The van der Waals surface area contributed by atoms with Gasteiger partial charge in [-0.3, -0.25) is 4.68 Å². The van der Waals surface area contributed by atoms with Crippen LogP contribution in [0.4, 0.5) is 0 Å². The van der Waals surface area contributed by atoms with Gasteiger partial charge in [0.05, 0.1) is 35.4 Å². The predicted octanol–water partition coefficient (Wildman–Crippen LogP) is 1.75. The van der Waals surface area contributed by atoms with Crippen LogP contribution in [0.2, 0.25) is 5.02 Å². The summed E-state index contributed by atoms with van der Waals surface area (Å²) in [4.78, 5) is 0.0478. The van der Waals surface area contributed by atoms with Crippen LogP contribution in [0.3, 0.4) is 0 Å². The van der Waals surface area contributed by atoms with E-state index in [-0.39, 0.29) is 16.5 Å². The van der Waals surface area contributed by atoms with E-state index in [4.69, 9.17) is 21.1 Å². The second-order valence-electron chi connectivity index (χ2n) is 4.81. The van der Waals surface area contributed by atoms with E-state index in [0.717, 1.165) is 0 Å². The van der Waals surface area contributed by atoms with Gasteiger partial charge in [-0.1, -0.05) is 11.6 Å². The molecule has 0 aliphatic heterocycles. The molecule has 0 saturated heterocycles. The van der Waals surface area contributed by atoms with Crippen molar-refractivity contribution in [3.63, 3.8) is 0 Å². The number of nitrogens with zero attached hydrogens (tertiary/aromatic N) is 2. The normalized spacial score (nSPS) is 13.0. The fraction of sp³-hybridized carbons (Fsp3) is 0.357. The summed E-state index contributed by atoms with van der Waals surface area (Å²) in [6, 6.07) is 5.44. The second-order valence-corrected chi connectivity index (χ2v) is 6.93. The second kappa shape index (κ2) is 7.31. The smallest absolute Gasteiger partial charge is 0.241 e. The van der Waals surface area contributed by atoms with Gasteiger partial charge in [0.15, 0.2) is 0 Å². The third-order valence-electron chi connectivity index (χ3n) is 3.28. The summed E-state index contributed by atoms with van der Waals surface area (Å²) in [5, 5.41) is 4.27. The summed E-state index contributed by atoms with van der Waals surface area (Å²) in [6.07, 6.45) is 1.59. The van der Waals surface area contributed by atoms with E-state index < -0.39 is 16.1 Å². The number of benzene rings is 1. The van der Waals surface area contributed by atoms with Gasteiger partial charge >= 0.3 is 0 Å². The van der Waals surface area contributed by atoms with Crippen LogP contribution in [0.15, 0.2) is 35.4 Å². The van der Waals surface area contributed by atoms with E-state index in [1.807, 2.05) is 0 Å². The summed E-state index contributed by atoms with van der Waals surface area (Å²) >= 11 is 6.00. The highest BCUT2D eigenvalue weighted by Crippen LogP contribution is 2.27. The molecule has 0 radical (unpaired) electrons. The molecule has 1 N–H and O–H groups in total. The van der Waals surface area contributed by atoms with E-state index in [1.165, 1.54) is 32.4 Å². The van der Waals surface area contributed by atoms with Crippen molar-refractivity contribution in [1.82, 2.24) is 14.5 Å². The molecule has 9 heteroatoms. The molecule has 1 aromatic heterocycles. The average Bonchev–Trinajstić information content (AvgIpc) is 2.92. The van der Waals surface area contributed by atoms with Gasteiger partial charge in [0.2, 0.25) is 10.0 Å². The van der Waals surface area contributed by atoms with Crippen LogP contribution in [0.5, 0.6) is 5.75 Å². The van der Waals surface area contributed by atoms with Crippen molar-refractivity contribution in [2.45, 2.75) is 10.9 Å². The fourth-order valence-electron chi connectivity index (χ4n) is 2.14. The van der Waals surface area contributed by atoms with Crippen LogP contribution in [-0.4, -0.2) is 39.0 Å². The number of nitrogens with one attached hydrogen (secondary N) is 1. The lowest BCUT2D eigenvalue weighted by Gasteiger charge is -2.18. The Hall–Kier alpha value is -1.61. The number of methoxy groups -OCH3 is 2. The molecule has 0 fully saturated rings. The zero-order valence-electron chi connectivity index (χ0n) is 13.0. The molecule has 1 atom stereocenters. The van der Waals surface area contributed by atoms with Crippen LogP contribution in [-0.2, 0) is 21.8 Å². The van der Waals surface area contributed by atoms with Crippen molar-refractivity contribution >= 4 is 21.6 Å². The van der Waals surface area contributed by atoms with Crippen molar-refractivity contribution in [1.29, 1.82) is 0 Å². The summed E-state index contributed by atoms with van der Waals surface area (Å²) < 4.78 is 39.5. The summed E-state index contributed by atoms with van der Waals surface area (Å²) in [5.41, 5.74) is 0.690. The molecular formula is C14H18ClN3O4S. The molecule has 126 valence electrons. The van der Waals surface area contributed by atoms with Crippen LogP contribution in [0.1, 0.15) is 11.7 Å². The standard InChI is InChI=1S/C14H18ClN3O4S/c1-18-13(6-7-16-18)12(9-21-2)17-23(19,20)10-4-5-14(22-3)11(15)8-10/h4-8,12,17H,9H2,1-3H3. The molecular weight excluding hydrogens is 342 g/mol. The molecule has 1 aromatic carbocycles. The maximum Gasteiger partial charge on any atom is 0.241 e. The molecule has 2 aromatic rings. The fourth-order valence-corrected chi connectivity index (χ4v) is 3.68. The maximum absolute atomic E-state index is 12.6. The molecule has 2 rings (SSSR count). The van der Waals surface area contributed by atoms with Crippen molar-refractivity contribution in [3.05, 3.63) is 41.2 Å². The molecule has 0 spiro atoms. The van der Waals surface area contributed by atoms with E-state index in [0.29, 0.717) is 11.4 Å². The molecule has 7 nitrogen and oxygen atoms in total. The summed E-state index contributed by atoms with van der Waals surface area (Å²) in [6.45, 7) is 0.169. The van der Waals surface area contributed by atoms with Gasteiger partial charge in [-0.05, 0) is 24.3 Å². The third-order valence-corrected chi connectivity index (χ3v) is 5.04. The van der Waals surface area contributed by atoms with Crippen molar-refractivity contribution in [2.75, 3.05) is 20.8 Å². The highest BCUT2D eigenvalue weighted by Gasteiger charge is 2.24. The molecule has 0 amide bonds. The first-order valence-electron chi connectivity index (χ1n) is 6.71. The van der Waals surface area contributed by atoms with Gasteiger partial charge in [-0.15, -0.1) is 0 Å². The minimum absolute atomic E-state index is 0.0478. The van der Waals surface area contributed by atoms with Gasteiger partial charge in [0.1, 0.15) is 5.75 Å². The lowest BCUT2D eigenvalue weighted by atomic mass is 10.2. The Morgan fingerprint density at radius 2 is 2.09 bits per heavy atom. The van der Waals surface area contributed by atoms with Crippen molar-refractivity contribution in [2.24, 2.45) is 7.05 Å². The first-order valence-corrected chi connectivity index (χ1v) is 8.58. The number of hydrogen-bond acceptors (Lipinski definition) is 5. The minimum atomic E-state index is -3.78. The van der Waals surface area contributed by atoms with E-state index in [2.05, 4.69) is 9.82 Å². The number of hydrogen-bond donors (Lipinski definition) is 1. The monoisotopic (exact) mass is 359 g/mol. The van der Waals surface area contributed by atoms with E-state index in [9.17, 15) is 8.42 Å². The Morgan fingerprint density at radius 1 is 1.35 bits per heavy atom. The predicted molar refractivity (Wildman–Crippen MR) is 86.2 cm³/mol. The molecule has 0 saturated carbocycles. The molecule has 23 heavy (non-hydrogen) atoms. The van der Waals surface area contributed by atoms with Crippen LogP contribution in [0.25, 0.3) is 0 Å². The number of aromatic nitrogens is 2. The van der Waals surface area contributed by atoms with Crippen LogP contribution in [0, 0.1) is 0 Å². The lowest BCUT2D eigenvalue weighted by molar-refractivity contribution is 0.172. The zero-order chi connectivity index (χ0) is 17.0. The summed E-state index contributed by atoms with van der Waals surface area (Å²) in [7, 11) is 0.914. The largest absolute Gasteiger partial charge is 0.495 e. The number of halogens is 1. The first kappa shape index (κ1) is 17.7. The van der Waals surface area contributed by atoms with Gasteiger partial charge in [-0.2, -0.15) is 9.82 Å². The Balaban J connectivity index is 2.31. The van der Waals surface area contributed by atoms with Gasteiger partial charge < -0.3 is 9.47 Å². The maximum atomic E-state index is 12.6. The molecule has 1 unspecified atom stereocenters. The van der Waals surface area contributed by atoms with E-state index in [1.54, 1.807) is 24.0 Å². The van der Waals surface area contributed by atoms with Gasteiger partial charge in [0.25, 0.3) is 0 Å². The van der Waals surface area contributed by atoms with Crippen LogP contribution >= 0.6 is 11.6 Å². The quantitative estimate of drug-likeness (QED) is 0.814. The van der Waals surface area contributed by atoms with Gasteiger partial charge in [-0.25, -0.2) is 8.42 Å².